The number of aryl methyl sites for hydroxylation is 2. The zero-order chi connectivity index (χ0) is 23.2. The third-order valence-electron chi connectivity index (χ3n) is 7.78. The molecule has 2 aromatic heterocycles. The van der Waals surface area contributed by atoms with Crippen LogP contribution in [-0.4, -0.2) is 40.9 Å². The zero-order valence-corrected chi connectivity index (χ0v) is 19.5. The number of fused-ring (bicyclic) bond motifs is 5. The molecule has 1 saturated carbocycles. The van der Waals surface area contributed by atoms with Gasteiger partial charge >= 0.3 is 0 Å². The molecule has 178 valence electrons. The van der Waals surface area contributed by atoms with Crippen molar-refractivity contribution in [2.75, 3.05) is 19.8 Å². The maximum absolute atomic E-state index is 14.7. The van der Waals surface area contributed by atoms with Crippen LogP contribution in [0.25, 0.3) is 11.0 Å². The van der Waals surface area contributed by atoms with Gasteiger partial charge in [-0.25, -0.2) is 4.39 Å². The average molecular weight is 464 g/mol. The van der Waals surface area contributed by atoms with Gasteiger partial charge in [-0.1, -0.05) is 6.07 Å². The Morgan fingerprint density at radius 2 is 1.85 bits per heavy atom. The monoisotopic (exact) mass is 463 g/mol. The quantitative estimate of drug-likeness (QED) is 0.574. The van der Waals surface area contributed by atoms with Gasteiger partial charge in [0.05, 0.1) is 29.4 Å². The van der Waals surface area contributed by atoms with E-state index in [1.807, 2.05) is 25.1 Å². The lowest BCUT2D eigenvalue weighted by Crippen LogP contribution is -2.61. The van der Waals surface area contributed by atoms with Gasteiger partial charge in [0.15, 0.2) is 11.5 Å². The van der Waals surface area contributed by atoms with Crippen LogP contribution in [0.4, 0.5) is 4.39 Å². The second-order valence-corrected chi connectivity index (χ2v) is 9.99. The Kier molecular flexibility index (Phi) is 5.41. The third-order valence-corrected chi connectivity index (χ3v) is 7.78. The highest BCUT2D eigenvalue weighted by Crippen LogP contribution is 2.46. The maximum atomic E-state index is 14.7. The van der Waals surface area contributed by atoms with Crippen LogP contribution in [0.3, 0.4) is 0 Å². The Balaban J connectivity index is 1.10. The van der Waals surface area contributed by atoms with Crippen LogP contribution in [0.1, 0.15) is 48.9 Å². The number of hydrogen-bond donors (Lipinski definition) is 1. The normalized spacial score (nSPS) is 25.6. The van der Waals surface area contributed by atoms with Crippen molar-refractivity contribution in [3.05, 3.63) is 59.2 Å². The van der Waals surface area contributed by atoms with Crippen molar-refractivity contribution in [3.8, 4) is 11.5 Å². The Bertz CT molecular complexity index is 1200. The van der Waals surface area contributed by atoms with Crippen molar-refractivity contribution in [2.24, 2.45) is 0 Å². The van der Waals surface area contributed by atoms with Gasteiger partial charge in [0.25, 0.3) is 0 Å². The SMILES string of the molecule is Cc1ccc2ncc(F)c(CCC34CCC(NCc5ccc6c(c5)OCCO6)(CC3)CO4)c2n1. The summed E-state index contributed by atoms with van der Waals surface area (Å²) in [4.78, 5) is 8.79. The highest BCUT2D eigenvalue weighted by molar-refractivity contribution is 5.77. The number of benzene rings is 1. The van der Waals surface area contributed by atoms with Crippen LogP contribution in [0.15, 0.2) is 36.5 Å². The fourth-order valence-corrected chi connectivity index (χ4v) is 5.58. The van der Waals surface area contributed by atoms with Crippen molar-refractivity contribution in [1.29, 1.82) is 0 Å². The van der Waals surface area contributed by atoms with Crippen LogP contribution in [0.5, 0.6) is 11.5 Å². The first-order valence-electron chi connectivity index (χ1n) is 12.2. The molecule has 5 heterocycles. The number of nitrogens with zero attached hydrogens (tertiary/aromatic N) is 2. The molecule has 1 aliphatic carbocycles. The minimum absolute atomic E-state index is 0.00227. The molecule has 0 radical (unpaired) electrons. The predicted octanol–water partition coefficient (Wildman–Crippen LogP) is 4.65. The van der Waals surface area contributed by atoms with Crippen molar-refractivity contribution < 1.29 is 18.6 Å². The number of ether oxygens (including phenoxy) is 3. The van der Waals surface area contributed by atoms with Crippen LogP contribution in [0, 0.1) is 12.7 Å². The Morgan fingerprint density at radius 1 is 1.03 bits per heavy atom. The maximum Gasteiger partial charge on any atom is 0.161 e. The van der Waals surface area contributed by atoms with E-state index in [4.69, 9.17) is 14.2 Å². The molecule has 6 nitrogen and oxygen atoms in total. The minimum atomic E-state index is -0.274. The molecule has 3 aromatic rings. The number of halogens is 1. The molecule has 2 bridgehead atoms. The van der Waals surface area contributed by atoms with Gasteiger partial charge in [-0.05, 0) is 75.3 Å². The lowest BCUT2D eigenvalue weighted by molar-refractivity contribution is -0.165. The van der Waals surface area contributed by atoms with E-state index in [9.17, 15) is 4.39 Å². The molecule has 0 spiro atoms. The second-order valence-electron chi connectivity index (χ2n) is 9.99. The van der Waals surface area contributed by atoms with Crippen molar-refractivity contribution in [3.63, 3.8) is 0 Å². The predicted molar refractivity (Wildman–Crippen MR) is 127 cm³/mol. The average Bonchev–Trinajstić information content (AvgIpc) is 2.88. The van der Waals surface area contributed by atoms with Gasteiger partial charge < -0.3 is 19.5 Å². The summed E-state index contributed by atoms with van der Waals surface area (Å²) in [6.07, 6.45) is 6.83. The van der Waals surface area contributed by atoms with E-state index in [1.54, 1.807) is 0 Å². The largest absolute Gasteiger partial charge is 0.486 e. The summed E-state index contributed by atoms with van der Waals surface area (Å²) in [5.41, 5.74) is 3.97. The summed E-state index contributed by atoms with van der Waals surface area (Å²) in [7, 11) is 0. The van der Waals surface area contributed by atoms with Gasteiger partial charge in [-0.2, -0.15) is 0 Å². The van der Waals surface area contributed by atoms with Crippen LogP contribution < -0.4 is 14.8 Å². The van der Waals surface area contributed by atoms with Crippen molar-refractivity contribution >= 4 is 11.0 Å². The van der Waals surface area contributed by atoms with Crippen LogP contribution in [0.2, 0.25) is 0 Å². The highest BCUT2D eigenvalue weighted by atomic mass is 19.1. The molecule has 3 aliphatic heterocycles. The number of pyridine rings is 2. The fourth-order valence-electron chi connectivity index (χ4n) is 5.58. The highest BCUT2D eigenvalue weighted by Gasteiger charge is 2.49. The first kappa shape index (κ1) is 21.7. The standard InChI is InChI=1S/C27H30FN3O3/c1-18-2-4-22-25(31-18)20(21(28)16-29-22)6-7-27-10-8-26(9-11-27,17-34-27)30-15-19-3-5-23-24(14-19)33-13-12-32-23/h2-5,14,16,30H,6-13,15,17H2,1H3. The smallest absolute Gasteiger partial charge is 0.161 e. The molecule has 7 rings (SSSR count). The van der Waals surface area contributed by atoms with Gasteiger partial charge in [0.1, 0.15) is 19.0 Å². The van der Waals surface area contributed by atoms with E-state index in [-0.39, 0.29) is 17.0 Å². The molecular weight excluding hydrogens is 433 g/mol. The van der Waals surface area contributed by atoms with E-state index >= 15 is 0 Å². The molecule has 3 fully saturated rings. The summed E-state index contributed by atoms with van der Waals surface area (Å²) < 4.78 is 32.5. The van der Waals surface area contributed by atoms with E-state index in [2.05, 4.69) is 27.4 Å². The topological polar surface area (TPSA) is 65.5 Å². The molecule has 0 amide bonds. The van der Waals surface area contributed by atoms with Gasteiger partial charge in [0, 0.05) is 23.3 Å². The summed E-state index contributed by atoms with van der Waals surface area (Å²) in [5.74, 6) is 1.37. The molecular formula is C27H30FN3O3. The van der Waals surface area contributed by atoms with Gasteiger partial charge in [-0.15, -0.1) is 0 Å². The van der Waals surface area contributed by atoms with E-state index in [0.29, 0.717) is 37.3 Å². The molecule has 2 saturated heterocycles. The Hall–Kier alpha value is -2.77. The molecule has 0 unspecified atom stereocenters. The Labute approximate surface area is 198 Å². The Morgan fingerprint density at radius 3 is 2.65 bits per heavy atom. The van der Waals surface area contributed by atoms with Crippen LogP contribution >= 0.6 is 0 Å². The number of nitrogens with one attached hydrogen (secondary N) is 1. The molecule has 0 atom stereocenters. The minimum Gasteiger partial charge on any atom is -0.486 e. The first-order chi connectivity index (χ1) is 16.5. The molecule has 34 heavy (non-hydrogen) atoms. The van der Waals surface area contributed by atoms with Crippen LogP contribution in [-0.2, 0) is 17.7 Å². The summed E-state index contributed by atoms with van der Waals surface area (Å²) in [6.45, 7) is 4.59. The fraction of sp³-hybridized carbons (Fsp3) is 0.481. The number of hydrogen-bond acceptors (Lipinski definition) is 6. The molecule has 4 aliphatic rings. The summed E-state index contributed by atoms with van der Waals surface area (Å²) in [6, 6.07) is 9.98. The van der Waals surface area contributed by atoms with E-state index in [1.165, 1.54) is 11.8 Å². The first-order valence-corrected chi connectivity index (χ1v) is 12.2. The van der Waals surface area contributed by atoms with E-state index in [0.717, 1.165) is 61.4 Å². The van der Waals surface area contributed by atoms with Crippen molar-refractivity contribution in [2.45, 2.75) is 63.1 Å². The summed E-state index contributed by atoms with van der Waals surface area (Å²) in [5, 5.41) is 3.78. The summed E-state index contributed by atoms with van der Waals surface area (Å²) >= 11 is 0. The lowest BCUT2D eigenvalue weighted by Gasteiger charge is -2.53. The molecule has 7 heteroatoms. The lowest BCUT2D eigenvalue weighted by atomic mass is 9.69. The van der Waals surface area contributed by atoms with E-state index < -0.39 is 0 Å². The van der Waals surface area contributed by atoms with Gasteiger partial charge in [0.2, 0.25) is 0 Å². The second kappa shape index (κ2) is 8.47. The third kappa shape index (κ3) is 4.01. The zero-order valence-electron chi connectivity index (χ0n) is 19.5. The molecule has 1 N–H and O–H groups in total. The number of rotatable bonds is 6. The van der Waals surface area contributed by atoms with Crippen molar-refractivity contribution in [1.82, 2.24) is 15.3 Å². The van der Waals surface area contributed by atoms with Gasteiger partial charge in [-0.3, -0.25) is 9.97 Å². The number of aromatic nitrogens is 2. The molecule has 1 aromatic carbocycles.